The van der Waals surface area contributed by atoms with Crippen molar-refractivity contribution in [2.75, 3.05) is 39.6 Å². The van der Waals surface area contributed by atoms with Crippen LogP contribution < -0.4 is 0 Å². The summed E-state index contributed by atoms with van der Waals surface area (Å²) in [5, 5.41) is 153. The second-order valence-corrected chi connectivity index (χ2v) is 26.2. The van der Waals surface area contributed by atoms with Crippen LogP contribution in [0.15, 0.2) is 0 Å². The number of fused-ring (bicyclic) bond motifs is 7. The molecular weight excluding hydrogens is 1080 g/mol. The Morgan fingerprint density at radius 1 is 0.457 bits per heavy atom. The maximum atomic E-state index is 12.0. The lowest BCUT2D eigenvalue weighted by Gasteiger charge is -2.61. The van der Waals surface area contributed by atoms with E-state index in [1.165, 1.54) is 0 Å². The molecule has 0 bridgehead atoms. The van der Waals surface area contributed by atoms with Crippen LogP contribution >= 0.6 is 0 Å². The lowest BCUT2D eigenvalue weighted by atomic mass is 9.44. The molecule has 26 heteroatoms. The molecular formula is C55H90O26. The summed E-state index contributed by atoms with van der Waals surface area (Å²) >= 11 is 0. The minimum Gasteiger partial charge on any atom is -0.394 e. The molecule has 11 rings (SSSR count). The molecule has 0 amide bonds. The predicted octanol–water partition coefficient (Wildman–Crippen LogP) is -3.81. The van der Waals surface area contributed by atoms with Gasteiger partial charge >= 0.3 is 0 Å². The number of rotatable bonds is 13. The van der Waals surface area contributed by atoms with Gasteiger partial charge in [-0.25, -0.2) is 0 Å². The normalized spacial score (nSPS) is 57.6. The Balaban J connectivity index is 0.776. The molecule has 26 nitrogen and oxygen atoms in total. The van der Waals surface area contributed by atoms with E-state index in [0.29, 0.717) is 54.3 Å². The zero-order chi connectivity index (χ0) is 57.8. The van der Waals surface area contributed by atoms with E-state index in [4.69, 9.17) is 56.8 Å². The highest BCUT2D eigenvalue weighted by atomic mass is 16.8. The monoisotopic (exact) mass is 1170 g/mol. The fraction of sp³-hybridized carbons (Fsp3) is 1.00. The van der Waals surface area contributed by atoms with Gasteiger partial charge in [-0.3, -0.25) is 0 Å². The SMILES string of the molecule is CC1CCC2(OC1)OC1CC3C4CCC5CC(OC6OC(CO)C(OC7OC(CO)C(O)C(OC8OC(CO)C(O)C(O)C8O)C7OC7OCC(O)C(OC8OCC(O)C(O)C8O)C7O)C(O)C6O)CCC5(C)C4CCC3(C)C1C2C. The summed E-state index contributed by atoms with van der Waals surface area (Å²) in [4.78, 5) is 0. The number of hydrogen-bond donors (Lipinski definition) is 14. The molecule has 14 N–H and O–H groups in total. The molecule has 0 aromatic carbocycles. The molecule has 0 radical (unpaired) electrons. The zero-order valence-corrected chi connectivity index (χ0v) is 46.4. The first kappa shape index (κ1) is 61.6. The number of aliphatic hydroxyl groups is 14. The average Bonchev–Trinajstić information content (AvgIpc) is 3.77. The molecule has 7 aliphatic heterocycles. The van der Waals surface area contributed by atoms with Crippen molar-refractivity contribution < 1.29 is 128 Å². The van der Waals surface area contributed by atoms with Crippen molar-refractivity contribution in [3.63, 3.8) is 0 Å². The fourth-order valence-corrected chi connectivity index (χ4v) is 17.1. The Hall–Kier alpha value is -1.04. The van der Waals surface area contributed by atoms with Crippen molar-refractivity contribution in [1.82, 2.24) is 0 Å². The van der Waals surface area contributed by atoms with E-state index in [-0.39, 0.29) is 23.0 Å². The third-order valence-corrected chi connectivity index (χ3v) is 21.7. The van der Waals surface area contributed by atoms with Crippen molar-refractivity contribution in [1.29, 1.82) is 0 Å². The van der Waals surface area contributed by atoms with Crippen molar-refractivity contribution in [3.05, 3.63) is 0 Å². The molecule has 11 fully saturated rings. The third kappa shape index (κ3) is 10.9. The third-order valence-electron chi connectivity index (χ3n) is 21.7. The van der Waals surface area contributed by atoms with Crippen LogP contribution in [0.1, 0.15) is 91.9 Å². The van der Waals surface area contributed by atoms with Crippen LogP contribution in [-0.2, 0) is 56.8 Å². The van der Waals surface area contributed by atoms with E-state index < -0.39 is 180 Å². The molecule has 11 aliphatic rings. The molecule has 4 aliphatic carbocycles. The van der Waals surface area contributed by atoms with Gasteiger partial charge in [0.05, 0.1) is 51.8 Å². The lowest BCUT2D eigenvalue weighted by molar-refractivity contribution is -0.406. The molecule has 81 heavy (non-hydrogen) atoms. The molecule has 0 aromatic heterocycles. The first-order chi connectivity index (χ1) is 38.6. The molecule has 35 unspecified atom stereocenters. The predicted molar refractivity (Wildman–Crippen MR) is 269 cm³/mol. The highest BCUT2D eigenvalue weighted by Gasteiger charge is 2.69. The largest absolute Gasteiger partial charge is 0.394 e. The molecule has 0 aromatic rings. The van der Waals surface area contributed by atoms with Crippen LogP contribution in [0.2, 0.25) is 0 Å². The highest BCUT2D eigenvalue weighted by Crippen LogP contribution is 2.71. The second kappa shape index (κ2) is 24.2. The van der Waals surface area contributed by atoms with Crippen molar-refractivity contribution in [3.8, 4) is 0 Å². The van der Waals surface area contributed by atoms with Gasteiger partial charge in [0.15, 0.2) is 37.2 Å². The van der Waals surface area contributed by atoms with Gasteiger partial charge in [-0.05, 0) is 104 Å². The van der Waals surface area contributed by atoms with Gasteiger partial charge in [-0.2, -0.15) is 0 Å². The Bertz CT molecular complexity index is 2090. The Morgan fingerprint density at radius 2 is 1.05 bits per heavy atom. The maximum absolute atomic E-state index is 12.0. The van der Waals surface area contributed by atoms with E-state index in [1.54, 1.807) is 0 Å². The summed E-state index contributed by atoms with van der Waals surface area (Å²) in [6, 6.07) is 0. The van der Waals surface area contributed by atoms with Gasteiger partial charge < -0.3 is 128 Å². The van der Waals surface area contributed by atoms with Crippen LogP contribution in [0.3, 0.4) is 0 Å². The maximum Gasteiger partial charge on any atom is 0.187 e. The minimum absolute atomic E-state index is 0.0615. The number of ether oxygens (including phenoxy) is 12. The van der Waals surface area contributed by atoms with E-state index in [9.17, 15) is 71.5 Å². The lowest BCUT2D eigenvalue weighted by Crippen LogP contribution is -2.68. The van der Waals surface area contributed by atoms with Gasteiger partial charge in [0.1, 0.15) is 110 Å². The minimum atomic E-state index is -2.04. The van der Waals surface area contributed by atoms with Crippen LogP contribution in [0.5, 0.6) is 0 Å². The number of aliphatic hydroxyl groups excluding tert-OH is 14. The second-order valence-electron chi connectivity index (χ2n) is 26.2. The highest BCUT2D eigenvalue weighted by molar-refractivity contribution is 5.16. The van der Waals surface area contributed by atoms with Crippen molar-refractivity contribution in [2.45, 2.75) is 251 Å². The Labute approximate surface area is 470 Å². The van der Waals surface area contributed by atoms with E-state index >= 15 is 0 Å². The van der Waals surface area contributed by atoms with Gasteiger partial charge in [-0.15, -0.1) is 0 Å². The van der Waals surface area contributed by atoms with Crippen LogP contribution in [0.25, 0.3) is 0 Å². The summed E-state index contributed by atoms with van der Waals surface area (Å²) in [5.41, 5.74) is 0.241. The summed E-state index contributed by atoms with van der Waals surface area (Å²) in [6.07, 6.45) is -31.2. The van der Waals surface area contributed by atoms with Crippen LogP contribution in [0, 0.1) is 52.3 Å². The first-order valence-corrected chi connectivity index (χ1v) is 29.7. The Kier molecular flexibility index (Phi) is 18.4. The van der Waals surface area contributed by atoms with E-state index in [1.807, 2.05) is 0 Å². The van der Waals surface area contributed by atoms with Gasteiger partial charge in [0.2, 0.25) is 0 Å². The van der Waals surface area contributed by atoms with Gasteiger partial charge in [-0.1, -0.05) is 27.7 Å². The summed E-state index contributed by atoms with van der Waals surface area (Å²) in [5.74, 6) is 2.89. The summed E-state index contributed by atoms with van der Waals surface area (Å²) < 4.78 is 73.3. The average molecular weight is 1170 g/mol. The van der Waals surface area contributed by atoms with E-state index in [0.717, 1.165) is 58.0 Å². The molecule has 1 spiro atoms. The van der Waals surface area contributed by atoms with Crippen LogP contribution in [-0.4, -0.2) is 270 Å². The quantitative estimate of drug-likeness (QED) is 0.0786. The summed E-state index contributed by atoms with van der Waals surface area (Å²) in [7, 11) is 0. The molecule has 4 saturated carbocycles. The van der Waals surface area contributed by atoms with E-state index in [2.05, 4.69) is 27.7 Å². The molecule has 7 heterocycles. The molecule has 35 atom stereocenters. The zero-order valence-electron chi connectivity index (χ0n) is 46.4. The fourth-order valence-electron chi connectivity index (χ4n) is 17.1. The smallest absolute Gasteiger partial charge is 0.187 e. The topological polar surface area (TPSA) is 394 Å². The van der Waals surface area contributed by atoms with Crippen LogP contribution in [0.4, 0.5) is 0 Å². The van der Waals surface area contributed by atoms with Gasteiger partial charge in [0, 0.05) is 12.3 Å². The number of hydrogen-bond acceptors (Lipinski definition) is 26. The molecule has 466 valence electrons. The standard InChI is InChI=1S/C55H90O26/c1-21-7-12-55(72-18-21)22(2)34-30(81-55)14-27-25-6-5-23-13-24(8-10-53(23,3)26(25)9-11-54(27,34)4)73-50-42(68)39(65)45(33(17-58)76-50)78-52-47(46(37(63)32(16-57)75-52)79-51-41(67)38(64)36(62)31(15-56)74-51)80-49-43(69)44(29(60)20-71-49)77-48-40(66)35(61)28(59)19-70-48/h21-52,56-69H,5-20H2,1-4H3. The summed E-state index contributed by atoms with van der Waals surface area (Å²) in [6.45, 7) is 6.63. The molecule has 7 saturated heterocycles. The van der Waals surface area contributed by atoms with Gasteiger partial charge in [0.25, 0.3) is 0 Å². The van der Waals surface area contributed by atoms with Crippen molar-refractivity contribution >= 4 is 0 Å². The Morgan fingerprint density at radius 3 is 1.75 bits per heavy atom. The first-order valence-electron chi connectivity index (χ1n) is 29.7. The van der Waals surface area contributed by atoms with Crippen molar-refractivity contribution in [2.24, 2.45) is 52.3 Å².